The normalized spacial score (nSPS) is 11.9. The monoisotopic (exact) mass is 233 g/mol. The predicted molar refractivity (Wildman–Crippen MR) is 67.0 cm³/mol. The molecule has 0 aliphatic heterocycles. The van der Waals surface area contributed by atoms with Crippen LogP contribution in [0.3, 0.4) is 0 Å². The lowest BCUT2D eigenvalue weighted by Crippen LogP contribution is -2.05. The SMILES string of the molecule is CCCC(C)c1cccc(C#N)c1OCOC. The van der Waals surface area contributed by atoms with Gasteiger partial charge in [0.2, 0.25) is 0 Å². The van der Waals surface area contributed by atoms with E-state index in [0.717, 1.165) is 18.4 Å². The van der Waals surface area contributed by atoms with Crippen molar-refractivity contribution < 1.29 is 9.47 Å². The molecule has 1 aromatic carbocycles. The van der Waals surface area contributed by atoms with Gasteiger partial charge in [0, 0.05) is 7.11 Å². The summed E-state index contributed by atoms with van der Waals surface area (Å²) in [5.74, 6) is 1.05. The van der Waals surface area contributed by atoms with Crippen molar-refractivity contribution in [1.29, 1.82) is 5.26 Å². The molecule has 0 saturated heterocycles. The number of nitrogens with zero attached hydrogens (tertiary/aromatic N) is 1. The fourth-order valence-electron chi connectivity index (χ4n) is 1.90. The smallest absolute Gasteiger partial charge is 0.188 e. The summed E-state index contributed by atoms with van der Waals surface area (Å²) in [6, 6.07) is 7.85. The van der Waals surface area contributed by atoms with Crippen LogP contribution in [0.1, 0.15) is 43.7 Å². The van der Waals surface area contributed by atoms with E-state index in [1.54, 1.807) is 13.2 Å². The Hall–Kier alpha value is -1.53. The lowest BCUT2D eigenvalue weighted by Gasteiger charge is -2.17. The molecule has 0 N–H and O–H groups in total. The molecule has 0 bridgehead atoms. The van der Waals surface area contributed by atoms with Gasteiger partial charge in [0.15, 0.2) is 6.79 Å². The van der Waals surface area contributed by atoms with Crippen LogP contribution in [0, 0.1) is 11.3 Å². The Morgan fingerprint density at radius 2 is 2.18 bits per heavy atom. The van der Waals surface area contributed by atoms with E-state index in [1.807, 2.05) is 12.1 Å². The summed E-state index contributed by atoms with van der Waals surface area (Å²) in [6.45, 7) is 4.48. The van der Waals surface area contributed by atoms with Crippen molar-refractivity contribution in [3.63, 3.8) is 0 Å². The van der Waals surface area contributed by atoms with Gasteiger partial charge < -0.3 is 9.47 Å². The molecule has 0 saturated carbocycles. The van der Waals surface area contributed by atoms with Crippen LogP contribution in [-0.4, -0.2) is 13.9 Å². The molecule has 0 aromatic heterocycles. The van der Waals surface area contributed by atoms with Crippen LogP contribution in [0.15, 0.2) is 18.2 Å². The fourth-order valence-corrected chi connectivity index (χ4v) is 1.90. The Morgan fingerprint density at radius 3 is 2.76 bits per heavy atom. The van der Waals surface area contributed by atoms with Crippen LogP contribution in [0.5, 0.6) is 5.75 Å². The van der Waals surface area contributed by atoms with E-state index in [-0.39, 0.29) is 6.79 Å². The van der Waals surface area contributed by atoms with Gasteiger partial charge in [-0.15, -0.1) is 0 Å². The van der Waals surface area contributed by atoms with Crippen molar-refractivity contribution in [2.75, 3.05) is 13.9 Å². The number of ether oxygens (including phenoxy) is 2. The van der Waals surface area contributed by atoms with Gasteiger partial charge in [-0.05, 0) is 24.0 Å². The molecular formula is C14H19NO2. The highest BCUT2D eigenvalue weighted by Crippen LogP contribution is 2.32. The van der Waals surface area contributed by atoms with E-state index in [2.05, 4.69) is 19.9 Å². The van der Waals surface area contributed by atoms with Gasteiger partial charge in [0.1, 0.15) is 11.8 Å². The molecule has 0 radical (unpaired) electrons. The molecule has 3 heteroatoms. The van der Waals surface area contributed by atoms with Gasteiger partial charge in [-0.1, -0.05) is 32.4 Å². The summed E-state index contributed by atoms with van der Waals surface area (Å²) in [7, 11) is 1.57. The van der Waals surface area contributed by atoms with Gasteiger partial charge >= 0.3 is 0 Å². The number of nitriles is 1. The van der Waals surface area contributed by atoms with Crippen molar-refractivity contribution in [2.24, 2.45) is 0 Å². The molecule has 0 fully saturated rings. The third kappa shape index (κ3) is 3.47. The molecule has 0 spiro atoms. The van der Waals surface area contributed by atoms with Gasteiger partial charge in [-0.3, -0.25) is 0 Å². The minimum Gasteiger partial charge on any atom is -0.466 e. The molecule has 0 amide bonds. The first-order chi connectivity index (χ1) is 8.24. The van der Waals surface area contributed by atoms with Crippen molar-refractivity contribution in [3.05, 3.63) is 29.3 Å². The molecule has 1 unspecified atom stereocenters. The molecule has 1 atom stereocenters. The summed E-state index contributed by atoms with van der Waals surface area (Å²) in [5, 5.41) is 9.08. The Balaban J connectivity index is 3.06. The van der Waals surface area contributed by atoms with Crippen LogP contribution >= 0.6 is 0 Å². The van der Waals surface area contributed by atoms with Crippen molar-refractivity contribution in [3.8, 4) is 11.8 Å². The highest BCUT2D eigenvalue weighted by Gasteiger charge is 2.14. The van der Waals surface area contributed by atoms with Gasteiger partial charge in [0.05, 0.1) is 5.56 Å². The molecule has 0 aliphatic rings. The van der Waals surface area contributed by atoms with Crippen LogP contribution < -0.4 is 4.74 Å². The summed E-state index contributed by atoms with van der Waals surface area (Å²) >= 11 is 0. The second-order valence-corrected chi connectivity index (χ2v) is 4.08. The molecule has 1 aromatic rings. The zero-order chi connectivity index (χ0) is 12.7. The van der Waals surface area contributed by atoms with Crippen molar-refractivity contribution in [2.45, 2.75) is 32.6 Å². The minimum atomic E-state index is 0.171. The van der Waals surface area contributed by atoms with Crippen LogP contribution in [0.2, 0.25) is 0 Å². The molecular weight excluding hydrogens is 214 g/mol. The van der Waals surface area contributed by atoms with E-state index in [9.17, 15) is 0 Å². The maximum absolute atomic E-state index is 9.08. The van der Waals surface area contributed by atoms with Gasteiger partial charge in [-0.25, -0.2) is 0 Å². The summed E-state index contributed by atoms with van der Waals surface area (Å²) in [5.41, 5.74) is 1.66. The maximum Gasteiger partial charge on any atom is 0.188 e. The first-order valence-corrected chi connectivity index (χ1v) is 5.89. The highest BCUT2D eigenvalue weighted by atomic mass is 16.7. The number of para-hydroxylation sites is 1. The van der Waals surface area contributed by atoms with E-state index in [1.165, 1.54) is 0 Å². The minimum absolute atomic E-state index is 0.171. The van der Waals surface area contributed by atoms with Gasteiger partial charge in [0.25, 0.3) is 0 Å². The van der Waals surface area contributed by atoms with E-state index in [0.29, 0.717) is 17.2 Å². The first kappa shape index (κ1) is 13.5. The second-order valence-electron chi connectivity index (χ2n) is 4.08. The van der Waals surface area contributed by atoms with E-state index < -0.39 is 0 Å². The number of methoxy groups -OCH3 is 1. The molecule has 92 valence electrons. The van der Waals surface area contributed by atoms with Crippen molar-refractivity contribution in [1.82, 2.24) is 0 Å². The average molecular weight is 233 g/mol. The summed E-state index contributed by atoms with van der Waals surface area (Å²) in [6.07, 6.45) is 2.19. The zero-order valence-corrected chi connectivity index (χ0v) is 10.7. The number of hydrogen-bond donors (Lipinski definition) is 0. The maximum atomic E-state index is 9.08. The summed E-state index contributed by atoms with van der Waals surface area (Å²) in [4.78, 5) is 0. The fraction of sp³-hybridized carbons (Fsp3) is 0.500. The second kappa shape index (κ2) is 6.93. The van der Waals surface area contributed by atoms with Crippen molar-refractivity contribution >= 4 is 0 Å². The summed E-state index contributed by atoms with van der Waals surface area (Å²) < 4.78 is 10.4. The standard InChI is InChI=1S/C14H19NO2/c1-4-6-11(2)13-8-5-7-12(9-15)14(13)17-10-16-3/h5,7-8,11H,4,6,10H2,1-3H3. The largest absolute Gasteiger partial charge is 0.466 e. The Bertz CT molecular complexity index is 396. The zero-order valence-electron chi connectivity index (χ0n) is 10.7. The number of rotatable bonds is 6. The third-order valence-electron chi connectivity index (χ3n) is 2.74. The third-order valence-corrected chi connectivity index (χ3v) is 2.74. The average Bonchev–Trinajstić information content (AvgIpc) is 2.36. The van der Waals surface area contributed by atoms with Crippen LogP contribution in [0.25, 0.3) is 0 Å². The predicted octanol–water partition coefficient (Wildman–Crippen LogP) is 3.44. The molecule has 1 rings (SSSR count). The topological polar surface area (TPSA) is 42.2 Å². The molecule has 0 aliphatic carbocycles. The Morgan fingerprint density at radius 1 is 1.41 bits per heavy atom. The van der Waals surface area contributed by atoms with Gasteiger partial charge in [-0.2, -0.15) is 5.26 Å². The highest BCUT2D eigenvalue weighted by molar-refractivity contribution is 5.49. The Kier molecular flexibility index (Phi) is 5.51. The quantitative estimate of drug-likeness (QED) is 0.707. The number of benzene rings is 1. The van der Waals surface area contributed by atoms with Crippen LogP contribution in [-0.2, 0) is 4.74 Å². The number of hydrogen-bond acceptors (Lipinski definition) is 3. The molecule has 17 heavy (non-hydrogen) atoms. The lowest BCUT2D eigenvalue weighted by atomic mass is 9.94. The lowest BCUT2D eigenvalue weighted by molar-refractivity contribution is 0.0499. The molecule has 0 heterocycles. The van der Waals surface area contributed by atoms with E-state index in [4.69, 9.17) is 14.7 Å². The Labute approximate surface area is 103 Å². The first-order valence-electron chi connectivity index (χ1n) is 5.89. The van der Waals surface area contributed by atoms with E-state index >= 15 is 0 Å². The molecule has 3 nitrogen and oxygen atoms in total. The van der Waals surface area contributed by atoms with Crippen LogP contribution in [0.4, 0.5) is 0 Å².